The number of anilines is 1. The van der Waals surface area contributed by atoms with Crippen LogP contribution in [0.2, 0.25) is 0 Å². The summed E-state index contributed by atoms with van der Waals surface area (Å²) in [6, 6.07) is 8.50. The van der Waals surface area contributed by atoms with E-state index < -0.39 is 0 Å². The molecule has 0 spiro atoms. The molecule has 1 saturated heterocycles. The van der Waals surface area contributed by atoms with E-state index in [1.54, 1.807) is 0 Å². The lowest BCUT2D eigenvalue weighted by Crippen LogP contribution is -2.18. The second-order valence-electron chi connectivity index (χ2n) is 6.05. The van der Waals surface area contributed by atoms with Crippen LogP contribution in [0.3, 0.4) is 0 Å². The number of rotatable bonds is 4. The van der Waals surface area contributed by atoms with Gasteiger partial charge in [-0.15, -0.1) is 0 Å². The van der Waals surface area contributed by atoms with E-state index in [2.05, 4.69) is 39.7 Å². The molecule has 0 amide bonds. The van der Waals surface area contributed by atoms with E-state index in [0.29, 0.717) is 6.10 Å². The van der Waals surface area contributed by atoms with E-state index in [-0.39, 0.29) is 0 Å². The van der Waals surface area contributed by atoms with Crippen LogP contribution < -0.4 is 5.32 Å². The first-order chi connectivity index (χ1) is 11.3. The van der Waals surface area contributed by atoms with Crippen LogP contribution in [0.4, 0.5) is 5.82 Å². The molecule has 0 radical (unpaired) electrons. The Balaban J connectivity index is 1.58. The smallest absolute Gasteiger partial charge is 0.126 e. The molecule has 0 aliphatic carbocycles. The zero-order valence-corrected chi connectivity index (χ0v) is 13.2. The predicted molar refractivity (Wildman–Crippen MR) is 91.4 cm³/mol. The van der Waals surface area contributed by atoms with Crippen molar-refractivity contribution in [2.24, 2.45) is 7.05 Å². The van der Waals surface area contributed by atoms with Gasteiger partial charge in [0, 0.05) is 43.5 Å². The number of aryl methyl sites for hydroxylation is 1. The van der Waals surface area contributed by atoms with Crippen LogP contribution in [0.5, 0.6) is 0 Å². The summed E-state index contributed by atoms with van der Waals surface area (Å²) < 4.78 is 7.46. The number of aromatic nitrogens is 3. The highest BCUT2D eigenvalue weighted by Crippen LogP contribution is 2.25. The van der Waals surface area contributed by atoms with Crippen LogP contribution >= 0.6 is 0 Å². The number of fused-ring (bicyclic) bond motifs is 1. The summed E-state index contributed by atoms with van der Waals surface area (Å²) in [5.41, 5.74) is 2.29. The molecule has 1 unspecified atom stereocenters. The van der Waals surface area contributed by atoms with Crippen LogP contribution in [0.25, 0.3) is 21.9 Å². The molecule has 5 nitrogen and oxygen atoms in total. The van der Waals surface area contributed by atoms with Gasteiger partial charge in [-0.3, -0.25) is 4.68 Å². The summed E-state index contributed by atoms with van der Waals surface area (Å²) in [5, 5.41) is 9.95. The summed E-state index contributed by atoms with van der Waals surface area (Å²) in [7, 11) is 1.93. The topological polar surface area (TPSA) is 52.0 Å². The number of hydrogen-bond acceptors (Lipinski definition) is 4. The maximum absolute atomic E-state index is 5.64. The molecular formula is C18H20N4O. The number of nitrogens with one attached hydrogen (secondary N) is 1. The van der Waals surface area contributed by atoms with E-state index in [4.69, 9.17) is 4.74 Å². The Kier molecular flexibility index (Phi) is 3.71. The minimum atomic E-state index is 0.314. The van der Waals surface area contributed by atoms with Crippen molar-refractivity contribution in [3.63, 3.8) is 0 Å². The van der Waals surface area contributed by atoms with Gasteiger partial charge >= 0.3 is 0 Å². The van der Waals surface area contributed by atoms with Crippen molar-refractivity contribution in [1.82, 2.24) is 14.8 Å². The fraction of sp³-hybridized carbons (Fsp3) is 0.333. The third kappa shape index (κ3) is 3.05. The molecule has 1 aliphatic heterocycles. The van der Waals surface area contributed by atoms with Crippen LogP contribution in [0, 0.1) is 0 Å². The summed E-state index contributed by atoms with van der Waals surface area (Å²) >= 11 is 0. The normalized spacial score (nSPS) is 17.7. The van der Waals surface area contributed by atoms with Gasteiger partial charge in [0.1, 0.15) is 5.82 Å². The van der Waals surface area contributed by atoms with Crippen LogP contribution in [0.1, 0.15) is 12.8 Å². The molecule has 1 atom stereocenters. The third-order valence-electron chi connectivity index (χ3n) is 4.29. The second-order valence-corrected chi connectivity index (χ2v) is 6.05. The number of nitrogens with zero attached hydrogens (tertiary/aromatic N) is 3. The largest absolute Gasteiger partial charge is 0.376 e. The fourth-order valence-corrected chi connectivity index (χ4v) is 3.01. The molecule has 1 N–H and O–H groups in total. The third-order valence-corrected chi connectivity index (χ3v) is 4.29. The van der Waals surface area contributed by atoms with Crippen LogP contribution in [-0.2, 0) is 11.8 Å². The SMILES string of the molecule is Cn1cc(-c2ccc3cnc(NCC4CCCO4)cc3c2)cn1. The van der Waals surface area contributed by atoms with Gasteiger partial charge in [-0.1, -0.05) is 12.1 Å². The highest BCUT2D eigenvalue weighted by atomic mass is 16.5. The molecule has 4 rings (SSSR count). The maximum Gasteiger partial charge on any atom is 0.126 e. The summed E-state index contributed by atoms with van der Waals surface area (Å²) in [5.74, 6) is 0.899. The van der Waals surface area contributed by atoms with Gasteiger partial charge in [-0.25, -0.2) is 4.98 Å². The minimum Gasteiger partial charge on any atom is -0.376 e. The van der Waals surface area contributed by atoms with Crippen molar-refractivity contribution in [3.8, 4) is 11.1 Å². The molecule has 118 valence electrons. The lowest BCUT2D eigenvalue weighted by molar-refractivity contribution is 0.120. The van der Waals surface area contributed by atoms with E-state index >= 15 is 0 Å². The number of ether oxygens (including phenoxy) is 1. The van der Waals surface area contributed by atoms with Gasteiger partial charge in [0.05, 0.1) is 12.3 Å². The Morgan fingerprint density at radius 3 is 2.96 bits per heavy atom. The molecule has 1 aliphatic rings. The first-order valence-electron chi connectivity index (χ1n) is 8.02. The quantitative estimate of drug-likeness (QED) is 0.804. The van der Waals surface area contributed by atoms with Gasteiger partial charge in [0.25, 0.3) is 0 Å². The molecule has 23 heavy (non-hydrogen) atoms. The number of pyridine rings is 1. The van der Waals surface area contributed by atoms with Crippen molar-refractivity contribution < 1.29 is 4.74 Å². The van der Waals surface area contributed by atoms with Crippen molar-refractivity contribution in [2.45, 2.75) is 18.9 Å². The fourth-order valence-electron chi connectivity index (χ4n) is 3.01. The minimum absolute atomic E-state index is 0.314. The zero-order valence-electron chi connectivity index (χ0n) is 13.2. The molecule has 0 saturated carbocycles. The Labute approximate surface area is 135 Å². The van der Waals surface area contributed by atoms with Crippen LogP contribution in [0.15, 0.2) is 42.9 Å². The molecular weight excluding hydrogens is 288 g/mol. The Hall–Kier alpha value is -2.40. The van der Waals surface area contributed by atoms with Crippen molar-refractivity contribution in [2.75, 3.05) is 18.5 Å². The predicted octanol–water partition coefficient (Wildman–Crippen LogP) is 3.23. The number of hydrogen-bond donors (Lipinski definition) is 1. The lowest BCUT2D eigenvalue weighted by atomic mass is 10.1. The average Bonchev–Trinajstić information content (AvgIpc) is 3.23. The van der Waals surface area contributed by atoms with Gasteiger partial charge in [0.15, 0.2) is 0 Å². The average molecular weight is 308 g/mol. The monoisotopic (exact) mass is 308 g/mol. The van der Waals surface area contributed by atoms with E-state index in [0.717, 1.165) is 42.8 Å². The first kappa shape index (κ1) is 14.2. The maximum atomic E-state index is 5.64. The molecule has 3 heterocycles. The van der Waals surface area contributed by atoms with E-state index in [9.17, 15) is 0 Å². The highest BCUT2D eigenvalue weighted by Gasteiger charge is 2.15. The van der Waals surface area contributed by atoms with Gasteiger partial charge in [0.2, 0.25) is 0 Å². The molecule has 3 aromatic rings. The van der Waals surface area contributed by atoms with Crippen LogP contribution in [-0.4, -0.2) is 34.0 Å². The van der Waals surface area contributed by atoms with Crippen molar-refractivity contribution >= 4 is 16.6 Å². The zero-order chi connectivity index (χ0) is 15.6. The van der Waals surface area contributed by atoms with Gasteiger partial charge in [-0.2, -0.15) is 5.10 Å². The molecule has 0 bridgehead atoms. The molecule has 1 fully saturated rings. The first-order valence-corrected chi connectivity index (χ1v) is 8.02. The summed E-state index contributed by atoms with van der Waals surface area (Å²) in [6.45, 7) is 1.70. The highest BCUT2D eigenvalue weighted by molar-refractivity contribution is 5.88. The van der Waals surface area contributed by atoms with Crippen molar-refractivity contribution in [3.05, 3.63) is 42.9 Å². The lowest BCUT2D eigenvalue weighted by Gasteiger charge is -2.11. The molecule has 5 heteroatoms. The molecule has 1 aromatic carbocycles. The van der Waals surface area contributed by atoms with Gasteiger partial charge in [-0.05, 0) is 35.9 Å². The van der Waals surface area contributed by atoms with Crippen molar-refractivity contribution in [1.29, 1.82) is 0 Å². The van der Waals surface area contributed by atoms with E-state index in [1.807, 2.05) is 30.3 Å². The Morgan fingerprint density at radius 2 is 2.17 bits per heavy atom. The van der Waals surface area contributed by atoms with E-state index in [1.165, 1.54) is 10.9 Å². The molecule has 2 aromatic heterocycles. The Bertz CT molecular complexity index is 821. The second kappa shape index (κ2) is 6.01. The Morgan fingerprint density at radius 1 is 1.22 bits per heavy atom. The number of benzene rings is 1. The standard InChI is InChI=1S/C18H20N4O/c1-22-12-16(10-21-22)13-4-5-14-9-19-18(8-15(14)7-13)20-11-17-3-2-6-23-17/h4-5,7-10,12,17H,2-3,6,11H2,1H3,(H,19,20). The summed E-state index contributed by atoms with van der Waals surface area (Å²) in [4.78, 5) is 4.49. The summed E-state index contributed by atoms with van der Waals surface area (Å²) in [6.07, 6.45) is 8.43. The van der Waals surface area contributed by atoms with Gasteiger partial charge < -0.3 is 10.1 Å².